The second-order valence-corrected chi connectivity index (χ2v) is 2.62. The molecule has 0 saturated carbocycles. The van der Waals surface area contributed by atoms with Crippen LogP contribution in [0.1, 0.15) is 18.7 Å². The molecule has 0 aromatic heterocycles. The maximum absolute atomic E-state index is 10.5. The Morgan fingerprint density at radius 3 is 2.46 bits per heavy atom. The van der Waals surface area contributed by atoms with E-state index in [2.05, 4.69) is 0 Å². The van der Waals surface area contributed by atoms with E-state index in [4.69, 9.17) is 15.6 Å². The summed E-state index contributed by atoms with van der Waals surface area (Å²) in [5.74, 6) is -0.278. The monoisotopic (exact) mass is 181 g/mol. The molecule has 0 spiro atoms. The van der Waals surface area contributed by atoms with Crippen molar-refractivity contribution in [3.8, 4) is 5.75 Å². The minimum Gasteiger partial charge on any atom is -0.508 e. The van der Waals surface area contributed by atoms with E-state index in [-0.39, 0.29) is 5.75 Å². The fraction of sp³-hybridized carbons (Fsp3) is 0.222. The van der Waals surface area contributed by atoms with Crippen LogP contribution in [0.4, 0.5) is 0 Å². The zero-order valence-electron chi connectivity index (χ0n) is 7.23. The van der Waals surface area contributed by atoms with Gasteiger partial charge in [0.2, 0.25) is 0 Å². The molecular weight excluding hydrogens is 170 g/mol. The molecule has 13 heavy (non-hydrogen) atoms. The highest BCUT2D eigenvalue weighted by atomic mass is 16.5. The number of hydrogen-bond acceptors (Lipinski definition) is 4. The minimum absolute atomic E-state index is 0.152. The fourth-order valence-electron chi connectivity index (χ4n) is 0.911. The van der Waals surface area contributed by atoms with Gasteiger partial charge < -0.3 is 9.84 Å². The van der Waals surface area contributed by atoms with E-state index in [0.29, 0.717) is 5.56 Å². The van der Waals surface area contributed by atoms with Crippen LogP contribution >= 0.6 is 0 Å². The lowest BCUT2D eigenvalue weighted by Crippen LogP contribution is -2.16. The number of nitrogens with two attached hydrogens (primary N) is 1. The van der Waals surface area contributed by atoms with E-state index in [1.165, 1.54) is 19.1 Å². The summed E-state index contributed by atoms with van der Waals surface area (Å²) in [7, 11) is 0. The number of benzene rings is 1. The Kier molecular flexibility index (Phi) is 2.87. The summed E-state index contributed by atoms with van der Waals surface area (Å²) in [5.41, 5.74) is 6.17. The van der Waals surface area contributed by atoms with Gasteiger partial charge in [0.05, 0.1) is 0 Å². The summed E-state index contributed by atoms with van der Waals surface area (Å²) >= 11 is 0. The van der Waals surface area contributed by atoms with Crippen LogP contribution in [0.15, 0.2) is 24.3 Å². The molecule has 0 aliphatic rings. The van der Waals surface area contributed by atoms with Crippen molar-refractivity contribution >= 4 is 5.97 Å². The lowest BCUT2D eigenvalue weighted by molar-refractivity contribution is -0.146. The van der Waals surface area contributed by atoms with Gasteiger partial charge in [-0.3, -0.25) is 10.5 Å². The number of aromatic hydroxyl groups is 1. The molecule has 70 valence electrons. The van der Waals surface area contributed by atoms with Gasteiger partial charge in [0.15, 0.2) is 6.23 Å². The van der Waals surface area contributed by atoms with E-state index < -0.39 is 12.2 Å². The fourth-order valence-corrected chi connectivity index (χ4v) is 0.911. The second-order valence-electron chi connectivity index (χ2n) is 2.62. The average Bonchev–Trinajstić information content (AvgIpc) is 2.04. The Bertz CT molecular complexity index is 294. The van der Waals surface area contributed by atoms with E-state index in [1.54, 1.807) is 12.1 Å². The van der Waals surface area contributed by atoms with Crippen molar-refractivity contribution in [1.29, 1.82) is 0 Å². The number of phenols is 1. The third kappa shape index (κ3) is 2.76. The molecule has 1 unspecified atom stereocenters. The van der Waals surface area contributed by atoms with Gasteiger partial charge in [0.1, 0.15) is 5.75 Å². The summed E-state index contributed by atoms with van der Waals surface area (Å²) in [4.78, 5) is 10.5. The number of phenolic OH excluding ortho intramolecular Hbond substituents is 1. The largest absolute Gasteiger partial charge is 0.508 e. The average molecular weight is 181 g/mol. The zero-order valence-corrected chi connectivity index (χ0v) is 7.23. The van der Waals surface area contributed by atoms with Crippen LogP contribution in [0.5, 0.6) is 5.75 Å². The molecule has 0 radical (unpaired) electrons. The summed E-state index contributed by atoms with van der Waals surface area (Å²) in [6.45, 7) is 1.29. The third-order valence-corrected chi connectivity index (χ3v) is 1.51. The first-order chi connectivity index (χ1) is 6.09. The first-order valence-electron chi connectivity index (χ1n) is 3.81. The van der Waals surface area contributed by atoms with E-state index in [1.807, 2.05) is 0 Å². The Labute approximate surface area is 75.9 Å². The predicted molar refractivity (Wildman–Crippen MR) is 46.8 cm³/mol. The van der Waals surface area contributed by atoms with E-state index in [9.17, 15) is 4.79 Å². The molecule has 1 rings (SSSR count). The van der Waals surface area contributed by atoms with Gasteiger partial charge in [-0.1, -0.05) is 12.1 Å². The van der Waals surface area contributed by atoms with Gasteiger partial charge in [0.25, 0.3) is 0 Å². The lowest BCUT2D eigenvalue weighted by atomic mass is 10.2. The van der Waals surface area contributed by atoms with Crippen LogP contribution in [0.2, 0.25) is 0 Å². The smallest absolute Gasteiger partial charge is 0.304 e. The number of esters is 1. The number of carbonyl (C=O) groups is 1. The maximum Gasteiger partial charge on any atom is 0.304 e. The zero-order chi connectivity index (χ0) is 9.84. The summed E-state index contributed by atoms with van der Waals surface area (Å²) in [6.07, 6.45) is -0.766. The maximum atomic E-state index is 10.5. The topological polar surface area (TPSA) is 72.5 Å². The molecule has 0 bridgehead atoms. The molecule has 3 N–H and O–H groups in total. The molecule has 4 heteroatoms. The molecule has 0 aliphatic heterocycles. The molecular formula is C9H11NO3. The molecule has 1 aromatic rings. The molecule has 0 amide bonds. The number of hydrogen-bond donors (Lipinski definition) is 2. The highest BCUT2D eigenvalue weighted by Crippen LogP contribution is 2.15. The highest BCUT2D eigenvalue weighted by Gasteiger charge is 2.07. The van der Waals surface area contributed by atoms with Crippen molar-refractivity contribution in [1.82, 2.24) is 0 Å². The van der Waals surface area contributed by atoms with E-state index >= 15 is 0 Å². The third-order valence-electron chi connectivity index (χ3n) is 1.51. The molecule has 0 aliphatic carbocycles. The van der Waals surface area contributed by atoms with Crippen LogP contribution in [0.3, 0.4) is 0 Å². The second kappa shape index (κ2) is 3.91. The summed E-state index contributed by atoms with van der Waals surface area (Å²) < 4.78 is 4.73. The van der Waals surface area contributed by atoms with Gasteiger partial charge in [-0.2, -0.15) is 0 Å². The summed E-state index contributed by atoms with van der Waals surface area (Å²) in [6, 6.07) is 6.17. The van der Waals surface area contributed by atoms with Crippen LogP contribution in [-0.2, 0) is 9.53 Å². The standard InChI is InChI=1S/C9H11NO3/c1-6(11)13-9(10)7-2-4-8(12)5-3-7/h2-5,9,12H,10H2,1H3. The quantitative estimate of drug-likeness (QED) is 0.525. The SMILES string of the molecule is CC(=O)OC(N)c1ccc(O)cc1. The van der Waals surface area contributed by atoms with Crippen LogP contribution in [0, 0.1) is 0 Å². The predicted octanol–water partition coefficient (Wildman–Crippen LogP) is 0.913. The Morgan fingerprint density at radius 2 is 2.00 bits per heavy atom. The minimum atomic E-state index is -0.766. The number of ether oxygens (including phenoxy) is 1. The summed E-state index contributed by atoms with van der Waals surface area (Å²) in [5, 5.41) is 8.97. The van der Waals surface area contributed by atoms with Crippen molar-refractivity contribution < 1.29 is 14.6 Å². The Balaban J connectivity index is 2.71. The molecule has 1 atom stereocenters. The Morgan fingerprint density at radius 1 is 1.46 bits per heavy atom. The van der Waals surface area contributed by atoms with Gasteiger partial charge in [-0.25, -0.2) is 0 Å². The van der Waals surface area contributed by atoms with Crippen molar-refractivity contribution in [2.75, 3.05) is 0 Å². The van der Waals surface area contributed by atoms with Crippen molar-refractivity contribution in [2.24, 2.45) is 5.73 Å². The molecule has 4 nitrogen and oxygen atoms in total. The normalized spacial score (nSPS) is 12.2. The van der Waals surface area contributed by atoms with Gasteiger partial charge in [-0.15, -0.1) is 0 Å². The molecule has 0 saturated heterocycles. The van der Waals surface area contributed by atoms with Crippen LogP contribution in [0.25, 0.3) is 0 Å². The first-order valence-corrected chi connectivity index (χ1v) is 3.81. The van der Waals surface area contributed by atoms with Crippen LogP contribution < -0.4 is 5.73 Å². The number of carbonyl (C=O) groups excluding carboxylic acids is 1. The first kappa shape index (κ1) is 9.54. The Hall–Kier alpha value is -1.55. The van der Waals surface area contributed by atoms with Gasteiger partial charge in [0, 0.05) is 12.5 Å². The lowest BCUT2D eigenvalue weighted by Gasteiger charge is -2.11. The van der Waals surface area contributed by atoms with E-state index in [0.717, 1.165) is 0 Å². The molecule has 1 aromatic carbocycles. The molecule has 0 fully saturated rings. The van der Waals surface area contributed by atoms with Crippen molar-refractivity contribution in [3.63, 3.8) is 0 Å². The number of rotatable bonds is 2. The van der Waals surface area contributed by atoms with Crippen molar-refractivity contribution in [3.05, 3.63) is 29.8 Å². The van der Waals surface area contributed by atoms with Crippen molar-refractivity contribution in [2.45, 2.75) is 13.2 Å². The van der Waals surface area contributed by atoms with Gasteiger partial charge in [-0.05, 0) is 12.1 Å². The highest BCUT2D eigenvalue weighted by molar-refractivity contribution is 5.66. The van der Waals surface area contributed by atoms with Gasteiger partial charge >= 0.3 is 5.97 Å². The van der Waals surface area contributed by atoms with Crippen LogP contribution in [-0.4, -0.2) is 11.1 Å². The molecule has 0 heterocycles.